The van der Waals surface area contributed by atoms with Gasteiger partial charge in [-0.2, -0.15) is 5.10 Å². The van der Waals surface area contributed by atoms with E-state index in [1.165, 1.54) is 10.7 Å². The van der Waals surface area contributed by atoms with E-state index < -0.39 is 11.9 Å². The van der Waals surface area contributed by atoms with E-state index in [4.69, 9.17) is 4.74 Å². The van der Waals surface area contributed by atoms with Gasteiger partial charge in [0.05, 0.1) is 13.0 Å². The molecule has 1 heterocycles. The van der Waals surface area contributed by atoms with Crippen LogP contribution in [0.5, 0.6) is 0 Å². The number of anilines is 1. The molecule has 0 radical (unpaired) electrons. The lowest BCUT2D eigenvalue weighted by atomic mass is 10.4. The Balaban J connectivity index is 2.78. The molecule has 0 saturated heterocycles. The minimum Gasteiger partial charge on any atom is -0.461 e. The molecule has 1 rings (SSSR count). The highest BCUT2D eigenvalue weighted by Gasteiger charge is 2.14. The van der Waals surface area contributed by atoms with Crippen LogP contribution in [0.15, 0.2) is 6.07 Å². The van der Waals surface area contributed by atoms with Crippen molar-refractivity contribution in [2.24, 2.45) is 7.05 Å². The van der Waals surface area contributed by atoms with Crippen LogP contribution in [0.25, 0.3) is 0 Å². The van der Waals surface area contributed by atoms with Crippen molar-refractivity contribution in [2.75, 3.05) is 11.9 Å². The number of aldehydes is 1. The van der Waals surface area contributed by atoms with Crippen molar-refractivity contribution in [1.29, 1.82) is 0 Å². The second-order valence-electron chi connectivity index (χ2n) is 3.18. The van der Waals surface area contributed by atoms with Gasteiger partial charge in [0.25, 0.3) is 0 Å². The summed E-state index contributed by atoms with van der Waals surface area (Å²) in [5.41, 5.74) is 0.107. The number of hydrogen-bond donors (Lipinski definition) is 1. The van der Waals surface area contributed by atoms with Crippen LogP contribution in [-0.2, 0) is 21.4 Å². The highest BCUT2D eigenvalue weighted by Crippen LogP contribution is 2.10. The molecule has 0 unspecified atom stereocenters. The molecule has 92 valence electrons. The summed E-state index contributed by atoms with van der Waals surface area (Å²) in [5.74, 6) is -0.683. The van der Waals surface area contributed by atoms with Crippen LogP contribution in [0.1, 0.15) is 23.8 Å². The average Bonchev–Trinajstić information content (AvgIpc) is 2.61. The van der Waals surface area contributed by atoms with Crippen molar-refractivity contribution < 1.29 is 19.1 Å². The van der Waals surface area contributed by atoms with Crippen LogP contribution < -0.4 is 5.32 Å². The zero-order chi connectivity index (χ0) is 12.8. The van der Waals surface area contributed by atoms with Crippen molar-refractivity contribution >= 4 is 24.0 Å². The molecule has 0 aromatic carbocycles. The van der Waals surface area contributed by atoms with E-state index in [-0.39, 0.29) is 18.7 Å². The number of esters is 1. The first-order chi connectivity index (χ1) is 8.08. The smallest absolute Gasteiger partial charge is 0.358 e. The molecular weight excluding hydrogens is 226 g/mol. The highest BCUT2D eigenvalue weighted by atomic mass is 16.5. The molecule has 0 fully saturated rings. The Labute approximate surface area is 97.7 Å². The minimum atomic E-state index is -0.556. The normalized spacial score (nSPS) is 9.76. The maximum absolute atomic E-state index is 11.4. The molecule has 0 aliphatic rings. The van der Waals surface area contributed by atoms with Crippen molar-refractivity contribution in [3.63, 3.8) is 0 Å². The van der Waals surface area contributed by atoms with Crippen LogP contribution in [0, 0.1) is 0 Å². The zero-order valence-electron chi connectivity index (χ0n) is 9.60. The van der Waals surface area contributed by atoms with Gasteiger partial charge in [-0.1, -0.05) is 0 Å². The van der Waals surface area contributed by atoms with E-state index in [0.717, 1.165) is 0 Å². The second kappa shape index (κ2) is 5.78. The summed E-state index contributed by atoms with van der Waals surface area (Å²) in [6.07, 6.45) is 0.262. The fraction of sp³-hybridized carbons (Fsp3) is 0.400. The largest absolute Gasteiger partial charge is 0.461 e. The van der Waals surface area contributed by atoms with Gasteiger partial charge in [-0.15, -0.1) is 0 Å². The summed E-state index contributed by atoms with van der Waals surface area (Å²) in [6.45, 7) is 1.94. The lowest BCUT2D eigenvalue weighted by molar-refractivity contribution is -0.120. The number of carbonyl (C=O) groups excluding carboxylic acids is 3. The van der Waals surface area contributed by atoms with Gasteiger partial charge in [0.1, 0.15) is 12.1 Å². The summed E-state index contributed by atoms with van der Waals surface area (Å²) in [5, 5.41) is 6.33. The summed E-state index contributed by atoms with van der Waals surface area (Å²) < 4.78 is 6.09. The van der Waals surface area contributed by atoms with Gasteiger partial charge in [-0.25, -0.2) is 4.79 Å². The lowest BCUT2D eigenvalue weighted by Gasteiger charge is -2.01. The van der Waals surface area contributed by atoms with E-state index in [0.29, 0.717) is 12.1 Å². The molecule has 7 heteroatoms. The molecule has 17 heavy (non-hydrogen) atoms. The van der Waals surface area contributed by atoms with E-state index in [1.807, 2.05) is 0 Å². The second-order valence-corrected chi connectivity index (χ2v) is 3.18. The maximum Gasteiger partial charge on any atom is 0.358 e. The number of nitrogens with zero attached hydrogens (tertiary/aromatic N) is 2. The van der Waals surface area contributed by atoms with Crippen molar-refractivity contribution in [1.82, 2.24) is 9.78 Å². The SMILES string of the molecule is CCOC(=O)c1cc(NC(=O)CC=O)n(C)n1. The van der Waals surface area contributed by atoms with E-state index >= 15 is 0 Å². The Hall–Kier alpha value is -2.18. The first kappa shape index (κ1) is 12.9. The number of ether oxygens (including phenoxy) is 1. The summed E-state index contributed by atoms with van der Waals surface area (Å²) in [4.78, 5) is 32.7. The third-order valence-electron chi connectivity index (χ3n) is 1.90. The first-order valence-electron chi connectivity index (χ1n) is 5.03. The molecule has 0 atom stereocenters. The molecule has 1 aromatic heterocycles. The topological polar surface area (TPSA) is 90.3 Å². The minimum absolute atomic E-state index is 0.107. The van der Waals surface area contributed by atoms with Crippen LogP contribution in [0.4, 0.5) is 5.82 Å². The van der Waals surface area contributed by atoms with E-state index in [9.17, 15) is 14.4 Å². The number of amides is 1. The molecule has 1 amide bonds. The lowest BCUT2D eigenvalue weighted by Crippen LogP contribution is -2.14. The molecule has 0 aliphatic heterocycles. The van der Waals surface area contributed by atoms with Crippen molar-refractivity contribution in [2.45, 2.75) is 13.3 Å². The van der Waals surface area contributed by atoms with E-state index in [2.05, 4.69) is 10.4 Å². The molecule has 0 saturated carbocycles. The quantitative estimate of drug-likeness (QED) is 0.448. The van der Waals surface area contributed by atoms with E-state index in [1.54, 1.807) is 14.0 Å². The van der Waals surface area contributed by atoms with Gasteiger partial charge in [0.15, 0.2) is 5.69 Å². The first-order valence-corrected chi connectivity index (χ1v) is 5.03. The van der Waals surface area contributed by atoms with Gasteiger partial charge in [-0.3, -0.25) is 9.48 Å². The summed E-state index contributed by atoms with van der Waals surface area (Å²) >= 11 is 0. The third kappa shape index (κ3) is 3.40. The van der Waals surface area contributed by atoms with Gasteiger partial charge in [0.2, 0.25) is 5.91 Å². The molecule has 1 N–H and O–H groups in total. The number of aryl methyl sites for hydroxylation is 1. The highest BCUT2D eigenvalue weighted by molar-refractivity contribution is 5.98. The van der Waals surface area contributed by atoms with Crippen LogP contribution in [0.2, 0.25) is 0 Å². The molecule has 0 spiro atoms. The number of hydrogen-bond acceptors (Lipinski definition) is 5. The Morgan fingerprint density at radius 2 is 2.29 bits per heavy atom. The summed E-state index contributed by atoms with van der Waals surface area (Å²) in [7, 11) is 1.57. The monoisotopic (exact) mass is 239 g/mol. The van der Waals surface area contributed by atoms with Crippen molar-refractivity contribution in [3.8, 4) is 0 Å². The van der Waals surface area contributed by atoms with Gasteiger partial charge >= 0.3 is 5.97 Å². The Kier molecular flexibility index (Phi) is 4.38. The van der Waals surface area contributed by atoms with Crippen LogP contribution in [-0.4, -0.2) is 34.6 Å². The Morgan fingerprint density at radius 3 is 2.88 bits per heavy atom. The van der Waals surface area contributed by atoms with Gasteiger partial charge < -0.3 is 14.8 Å². The van der Waals surface area contributed by atoms with Crippen molar-refractivity contribution in [3.05, 3.63) is 11.8 Å². The van der Waals surface area contributed by atoms with Crippen LogP contribution >= 0.6 is 0 Å². The molecule has 7 nitrogen and oxygen atoms in total. The molecule has 1 aromatic rings. The van der Waals surface area contributed by atoms with Gasteiger partial charge in [0, 0.05) is 13.1 Å². The number of nitrogens with one attached hydrogen (secondary N) is 1. The fourth-order valence-corrected chi connectivity index (χ4v) is 1.16. The number of rotatable bonds is 5. The third-order valence-corrected chi connectivity index (χ3v) is 1.90. The number of carbonyl (C=O) groups is 3. The van der Waals surface area contributed by atoms with Gasteiger partial charge in [-0.05, 0) is 6.92 Å². The fourth-order valence-electron chi connectivity index (χ4n) is 1.16. The summed E-state index contributed by atoms with van der Waals surface area (Å²) in [6, 6.07) is 1.39. The molecule has 0 aliphatic carbocycles. The average molecular weight is 239 g/mol. The molecule has 0 bridgehead atoms. The number of aromatic nitrogens is 2. The standard InChI is InChI=1S/C10H13N3O4/c1-3-17-10(16)7-6-8(13(2)12-7)11-9(15)4-5-14/h5-6H,3-4H2,1-2H3,(H,11,15). The molecular formula is C10H13N3O4. The predicted octanol–water partition coefficient (Wildman–Crippen LogP) is 0.124. The maximum atomic E-state index is 11.4. The predicted molar refractivity (Wildman–Crippen MR) is 58.5 cm³/mol. The van der Waals surface area contributed by atoms with Crippen LogP contribution in [0.3, 0.4) is 0 Å². The zero-order valence-corrected chi connectivity index (χ0v) is 9.60. The Morgan fingerprint density at radius 1 is 1.59 bits per heavy atom. The Bertz CT molecular complexity index is 439.